The molecule has 0 aliphatic heterocycles. The van der Waals surface area contributed by atoms with Gasteiger partial charge in [-0.15, -0.1) is 11.6 Å². The summed E-state index contributed by atoms with van der Waals surface area (Å²) in [5.41, 5.74) is 0. The molecule has 0 amide bonds. The second-order valence-corrected chi connectivity index (χ2v) is 3.55. The van der Waals surface area contributed by atoms with Crippen LogP contribution < -0.4 is 0 Å². The van der Waals surface area contributed by atoms with Crippen LogP contribution in [-0.2, 0) is 0 Å². The van der Waals surface area contributed by atoms with Crippen LogP contribution in [0.4, 0.5) is 0 Å². The zero-order chi connectivity index (χ0) is 8.69. The number of allylic oxidation sites excluding steroid dienone is 1. The molecular formula is C9H18ClN. The fourth-order valence-electron chi connectivity index (χ4n) is 1.02. The van der Waals surface area contributed by atoms with Crippen molar-refractivity contribution in [3.63, 3.8) is 0 Å². The first kappa shape index (κ1) is 11.0. The molecule has 0 bridgehead atoms. The number of hydrogen-bond donors (Lipinski definition) is 0. The van der Waals surface area contributed by atoms with Gasteiger partial charge < -0.3 is 4.90 Å². The number of halogens is 1. The van der Waals surface area contributed by atoms with Gasteiger partial charge in [0.25, 0.3) is 0 Å². The highest BCUT2D eigenvalue weighted by Gasteiger charge is 1.97. The second kappa shape index (κ2) is 6.68. The second-order valence-electron chi connectivity index (χ2n) is 3.24. The standard InChI is InChI=1S/C9H18ClN/c1-9(2)8-11(3)7-5-4-6-10/h4-5,9H,6-8H2,1-3H3. The molecule has 0 saturated heterocycles. The average molecular weight is 176 g/mol. The molecule has 2 heteroatoms. The minimum absolute atomic E-state index is 0.621. The number of alkyl halides is 1. The van der Waals surface area contributed by atoms with E-state index in [4.69, 9.17) is 11.6 Å². The summed E-state index contributed by atoms with van der Waals surface area (Å²) in [4.78, 5) is 2.29. The number of likely N-dealkylation sites (N-methyl/N-ethyl adjacent to an activating group) is 1. The number of nitrogens with zero attached hydrogens (tertiary/aromatic N) is 1. The minimum atomic E-state index is 0.621. The molecule has 0 radical (unpaired) electrons. The molecule has 11 heavy (non-hydrogen) atoms. The zero-order valence-electron chi connectivity index (χ0n) is 7.68. The summed E-state index contributed by atoms with van der Waals surface area (Å²) >= 11 is 5.49. The minimum Gasteiger partial charge on any atom is -0.302 e. The van der Waals surface area contributed by atoms with Crippen LogP contribution in [0.25, 0.3) is 0 Å². The summed E-state index contributed by atoms with van der Waals surface area (Å²) in [5, 5.41) is 0. The molecule has 0 aliphatic carbocycles. The third-order valence-corrected chi connectivity index (χ3v) is 1.53. The van der Waals surface area contributed by atoms with Gasteiger partial charge in [-0.2, -0.15) is 0 Å². The zero-order valence-corrected chi connectivity index (χ0v) is 8.43. The van der Waals surface area contributed by atoms with Gasteiger partial charge in [0, 0.05) is 19.0 Å². The Bertz CT molecular complexity index is 110. The largest absolute Gasteiger partial charge is 0.302 e. The van der Waals surface area contributed by atoms with Crippen molar-refractivity contribution in [1.29, 1.82) is 0 Å². The van der Waals surface area contributed by atoms with Crippen molar-refractivity contribution < 1.29 is 0 Å². The first-order chi connectivity index (χ1) is 5.16. The molecular weight excluding hydrogens is 158 g/mol. The smallest absolute Gasteiger partial charge is 0.0404 e. The Labute approximate surface area is 75.0 Å². The van der Waals surface area contributed by atoms with Crippen LogP contribution in [0.1, 0.15) is 13.8 Å². The molecule has 0 rings (SSSR count). The topological polar surface area (TPSA) is 3.24 Å². The molecule has 0 spiro atoms. The van der Waals surface area contributed by atoms with Crippen LogP contribution >= 0.6 is 11.6 Å². The van der Waals surface area contributed by atoms with E-state index in [0.717, 1.165) is 19.0 Å². The number of rotatable bonds is 5. The van der Waals surface area contributed by atoms with E-state index in [9.17, 15) is 0 Å². The normalized spacial score (nSPS) is 12.2. The van der Waals surface area contributed by atoms with Crippen LogP contribution in [0.3, 0.4) is 0 Å². The Morgan fingerprint density at radius 2 is 2.00 bits per heavy atom. The summed E-state index contributed by atoms with van der Waals surface area (Å²) in [6.45, 7) is 6.60. The third-order valence-electron chi connectivity index (χ3n) is 1.35. The summed E-state index contributed by atoms with van der Waals surface area (Å²) in [5.74, 6) is 1.36. The molecule has 0 saturated carbocycles. The summed E-state index contributed by atoms with van der Waals surface area (Å²) in [6.07, 6.45) is 4.09. The molecule has 0 heterocycles. The summed E-state index contributed by atoms with van der Waals surface area (Å²) in [6, 6.07) is 0. The van der Waals surface area contributed by atoms with Crippen molar-refractivity contribution in [2.45, 2.75) is 13.8 Å². The van der Waals surface area contributed by atoms with Gasteiger partial charge in [-0.25, -0.2) is 0 Å². The number of hydrogen-bond acceptors (Lipinski definition) is 1. The molecule has 0 aromatic carbocycles. The van der Waals surface area contributed by atoms with Gasteiger partial charge in [0.2, 0.25) is 0 Å². The quantitative estimate of drug-likeness (QED) is 0.458. The molecule has 0 atom stereocenters. The van der Waals surface area contributed by atoms with Crippen LogP contribution in [-0.4, -0.2) is 30.9 Å². The highest BCUT2D eigenvalue weighted by atomic mass is 35.5. The van der Waals surface area contributed by atoms with Gasteiger partial charge in [0.05, 0.1) is 0 Å². The summed E-state index contributed by atoms with van der Waals surface area (Å²) in [7, 11) is 2.12. The van der Waals surface area contributed by atoms with Crippen molar-refractivity contribution in [2.75, 3.05) is 26.0 Å². The first-order valence-electron chi connectivity index (χ1n) is 4.06. The molecule has 0 unspecified atom stereocenters. The highest BCUT2D eigenvalue weighted by molar-refractivity contribution is 6.18. The van der Waals surface area contributed by atoms with Crippen molar-refractivity contribution in [1.82, 2.24) is 4.90 Å². The maximum absolute atomic E-state index is 5.49. The molecule has 0 aromatic rings. The molecule has 1 nitrogen and oxygen atoms in total. The van der Waals surface area contributed by atoms with E-state index >= 15 is 0 Å². The monoisotopic (exact) mass is 175 g/mol. The predicted octanol–water partition coefficient (Wildman–Crippen LogP) is 2.37. The molecule has 0 N–H and O–H groups in total. The van der Waals surface area contributed by atoms with E-state index in [0.29, 0.717) is 5.88 Å². The van der Waals surface area contributed by atoms with Gasteiger partial charge in [-0.3, -0.25) is 0 Å². The van der Waals surface area contributed by atoms with Crippen molar-refractivity contribution in [2.24, 2.45) is 5.92 Å². The maximum atomic E-state index is 5.49. The molecule has 0 fully saturated rings. The van der Waals surface area contributed by atoms with E-state index in [-0.39, 0.29) is 0 Å². The SMILES string of the molecule is CC(C)CN(C)CC=CCCl. The Balaban J connectivity index is 3.36. The van der Waals surface area contributed by atoms with Crippen LogP contribution in [0, 0.1) is 5.92 Å². The highest BCUT2D eigenvalue weighted by Crippen LogP contribution is 1.95. The lowest BCUT2D eigenvalue weighted by atomic mass is 10.2. The van der Waals surface area contributed by atoms with E-state index in [1.54, 1.807) is 0 Å². The Hall–Kier alpha value is -0.0100. The van der Waals surface area contributed by atoms with Gasteiger partial charge in [0.15, 0.2) is 0 Å². The van der Waals surface area contributed by atoms with Crippen LogP contribution in [0.15, 0.2) is 12.2 Å². The lowest BCUT2D eigenvalue weighted by molar-refractivity contribution is 0.324. The van der Waals surface area contributed by atoms with Crippen molar-refractivity contribution >= 4 is 11.6 Å². The molecule has 66 valence electrons. The maximum Gasteiger partial charge on any atom is 0.0404 e. The van der Waals surface area contributed by atoms with Crippen molar-refractivity contribution in [3.8, 4) is 0 Å². The van der Waals surface area contributed by atoms with Gasteiger partial charge >= 0.3 is 0 Å². The summed E-state index contributed by atoms with van der Waals surface area (Å²) < 4.78 is 0. The van der Waals surface area contributed by atoms with Crippen LogP contribution in [0.2, 0.25) is 0 Å². The predicted molar refractivity (Wildman–Crippen MR) is 52.2 cm³/mol. The van der Waals surface area contributed by atoms with E-state index in [1.165, 1.54) is 0 Å². The van der Waals surface area contributed by atoms with Gasteiger partial charge in [0.1, 0.15) is 0 Å². The lowest BCUT2D eigenvalue weighted by Gasteiger charge is -2.16. The lowest BCUT2D eigenvalue weighted by Crippen LogP contribution is -2.23. The third kappa shape index (κ3) is 7.89. The Kier molecular flexibility index (Phi) is 6.68. The van der Waals surface area contributed by atoms with E-state index in [2.05, 4.69) is 31.9 Å². The fourth-order valence-corrected chi connectivity index (χ4v) is 1.14. The van der Waals surface area contributed by atoms with Gasteiger partial charge in [-0.05, 0) is 13.0 Å². The molecule has 0 aromatic heterocycles. The average Bonchev–Trinajstić information content (AvgIpc) is 1.86. The van der Waals surface area contributed by atoms with Gasteiger partial charge in [-0.1, -0.05) is 26.0 Å². The van der Waals surface area contributed by atoms with E-state index < -0.39 is 0 Å². The van der Waals surface area contributed by atoms with E-state index in [1.807, 2.05) is 6.08 Å². The Morgan fingerprint density at radius 1 is 1.36 bits per heavy atom. The fraction of sp³-hybridized carbons (Fsp3) is 0.778. The van der Waals surface area contributed by atoms with Crippen LogP contribution in [0.5, 0.6) is 0 Å². The Morgan fingerprint density at radius 3 is 2.45 bits per heavy atom. The van der Waals surface area contributed by atoms with Crippen molar-refractivity contribution in [3.05, 3.63) is 12.2 Å². The first-order valence-corrected chi connectivity index (χ1v) is 4.59. The molecule has 0 aliphatic rings.